The molecule has 1 atom stereocenters. The smallest absolute Gasteiger partial charge is 0.253 e. The highest BCUT2D eigenvalue weighted by atomic mass is 16.2. The first-order valence-electron chi connectivity index (χ1n) is 6.75. The van der Waals surface area contributed by atoms with E-state index in [9.17, 15) is 9.59 Å². The van der Waals surface area contributed by atoms with E-state index < -0.39 is 6.04 Å². The minimum atomic E-state index is -0.585. The van der Waals surface area contributed by atoms with Gasteiger partial charge in [0.2, 0.25) is 5.91 Å². The summed E-state index contributed by atoms with van der Waals surface area (Å²) in [5.41, 5.74) is 0.427. The number of carbonyl (C=O) groups is 2. The topological polar surface area (TPSA) is 83.1 Å². The van der Waals surface area contributed by atoms with Gasteiger partial charge in [0.1, 0.15) is 11.9 Å². The second-order valence-electron chi connectivity index (χ2n) is 4.82. The van der Waals surface area contributed by atoms with Crippen molar-refractivity contribution in [3.05, 3.63) is 23.9 Å². The Labute approximate surface area is 119 Å². The van der Waals surface area contributed by atoms with Crippen LogP contribution in [0.3, 0.4) is 0 Å². The maximum absolute atomic E-state index is 12.0. The summed E-state index contributed by atoms with van der Waals surface area (Å²) in [4.78, 5) is 27.8. The molecule has 6 nitrogen and oxygen atoms in total. The highest BCUT2D eigenvalue weighted by molar-refractivity contribution is 5.97. The fraction of sp³-hybridized carbons (Fsp3) is 0.500. The zero-order chi connectivity index (χ0) is 15.1. The Kier molecular flexibility index (Phi) is 5.96. The molecule has 0 aliphatic heterocycles. The Hall–Kier alpha value is -2.11. The largest absolute Gasteiger partial charge is 0.370 e. The average molecular weight is 278 g/mol. The van der Waals surface area contributed by atoms with Crippen LogP contribution in [0.25, 0.3) is 0 Å². The van der Waals surface area contributed by atoms with Crippen molar-refractivity contribution in [2.24, 2.45) is 0 Å². The third-order valence-electron chi connectivity index (χ3n) is 2.56. The van der Waals surface area contributed by atoms with Gasteiger partial charge in [-0.15, -0.1) is 0 Å². The van der Waals surface area contributed by atoms with Gasteiger partial charge in [0.25, 0.3) is 5.91 Å². The van der Waals surface area contributed by atoms with E-state index in [1.165, 1.54) is 6.20 Å². The number of hydrogen-bond donors (Lipinski definition) is 3. The van der Waals surface area contributed by atoms with E-state index in [1.54, 1.807) is 19.1 Å². The molecule has 110 valence electrons. The number of pyridine rings is 1. The maximum Gasteiger partial charge on any atom is 0.253 e. The van der Waals surface area contributed by atoms with Crippen LogP contribution in [0.5, 0.6) is 0 Å². The van der Waals surface area contributed by atoms with Gasteiger partial charge < -0.3 is 16.0 Å². The molecule has 0 saturated carbocycles. The first-order valence-corrected chi connectivity index (χ1v) is 6.75. The van der Waals surface area contributed by atoms with Crippen LogP contribution in [0.2, 0.25) is 0 Å². The maximum atomic E-state index is 12.0. The summed E-state index contributed by atoms with van der Waals surface area (Å²) in [6, 6.07) is 2.87. The first-order chi connectivity index (χ1) is 9.43. The summed E-state index contributed by atoms with van der Waals surface area (Å²) >= 11 is 0. The van der Waals surface area contributed by atoms with Crippen LogP contribution in [0.4, 0.5) is 5.82 Å². The number of hydrogen-bond acceptors (Lipinski definition) is 4. The van der Waals surface area contributed by atoms with E-state index in [0.717, 1.165) is 12.4 Å². The van der Waals surface area contributed by atoms with Gasteiger partial charge in [0.05, 0.1) is 5.56 Å². The fourth-order valence-corrected chi connectivity index (χ4v) is 1.57. The number of nitrogens with zero attached hydrogens (tertiary/aromatic N) is 1. The molecule has 1 aromatic heterocycles. The summed E-state index contributed by atoms with van der Waals surface area (Å²) in [6.07, 6.45) is 1.49. The molecule has 1 heterocycles. The van der Waals surface area contributed by atoms with Crippen molar-refractivity contribution >= 4 is 17.6 Å². The average Bonchev–Trinajstić information content (AvgIpc) is 2.39. The minimum absolute atomic E-state index is 0.0444. The second kappa shape index (κ2) is 7.47. The molecule has 3 N–H and O–H groups in total. The minimum Gasteiger partial charge on any atom is -0.370 e. The molecule has 0 aromatic carbocycles. The van der Waals surface area contributed by atoms with E-state index in [-0.39, 0.29) is 17.9 Å². The number of nitrogens with one attached hydrogen (secondary N) is 3. The molecule has 0 aliphatic carbocycles. The van der Waals surface area contributed by atoms with E-state index in [0.29, 0.717) is 5.56 Å². The van der Waals surface area contributed by atoms with E-state index >= 15 is 0 Å². The third kappa shape index (κ3) is 4.87. The Balaban J connectivity index is 2.59. The third-order valence-corrected chi connectivity index (χ3v) is 2.56. The Morgan fingerprint density at radius 1 is 1.20 bits per heavy atom. The second-order valence-corrected chi connectivity index (χ2v) is 4.82. The molecule has 0 aliphatic rings. The van der Waals surface area contributed by atoms with Crippen molar-refractivity contribution in [2.45, 2.75) is 39.8 Å². The van der Waals surface area contributed by atoms with E-state index in [2.05, 4.69) is 20.9 Å². The van der Waals surface area contributed by atoms with Crippen LogP contribution in [-0.4, -0.2) is 35.4 Å². The predicted octanol–water partition coefficient (Wildman–Crippen LogP) is 1.16. The SMILES string of the molecule is CCNc1ccc(C(=O)NC(C)C(=O)NC(C)C)cn1. The van der Waals surface area contributed by atoms with Crippen molar-refractivity contribution < 1.29 is 9.59 Å². The van der Waals surface area contributed by atoms with Crippen molar-refractivity contribution in [2.75, 3.05) is 11.9 Å². The van der Waals surface area contributed by atoms with Gasteiger partial charge in [-0.25, -0.2) is 4.98 Å². The molecular weight excluding hydrogens is 256 g/mol. The van der Waals surface area contributed by atoms with Crippen LogP contribution >= 0.6 is 0 Å². The van der Waals surface area contributed by atoms with E-state index in [1.807, 2.05) is 20.8 Å². The lowest BCUT2D eigenvalue weighted by molar-refractivity contribution is -0.123. The van der Waals surface area contributed by atoms with Gasteiger partial charge in [-0.2, -0.15) is 0 Å². The molecule has 2 amide bonds. The first kappa shape index (κ1) is 15.9. The molecule has 1 aromatic rings. The van der Waals surface area contributed by atoms with E-state index in [4.69, 9.17) is 0 Å². The van der Waals surface area contributed by atoms with Crippen molar-refractivity contribution in [3.8, 4) is 0 Å². The fourth-order valence-electron chi connectivity index (χ4n) is 1.57. The molecule has 0 spiro atoms. The normalized spacial score (nSPS) is 11.8. The van der Waals surface area contributed by atoms with Gasteiger partial charge in [-0.05, 0) is 39.8 Å². The number of rotatable bonds is 6. The lowest BCUT2D eigenvalue weighted by atomic mass is 10.2. The predicted molar refractivity (Wildman–Crippen MR) is 78.6 cm³/mol. The van der Waals surface area contributed by atoms with Gasteiger partial charge in [0, 0.05) is 18.8 Å². The van der Waals surface area contributed by atoms with Crippen LogP contribution in [0.1, 0.15) is 38.1 Å². The Morgan fingerprint density at radius 3 is 2.40 bits per heavy atom. The zero-order valence-electron chi connectivity index (χ0n) is 12.4. The van der Waals surface area contributed by atoms with Gasteiger partial charge in [-0.3, -0.25) is 9.59 Å². The number of anilines is 1. The number of amides is 2. The van der Waals surface area contributed by atoms with Crippen LogP contribution in [0.15, 0.2) is 18.3 Å². The molecular formula is C14H22N4O2. The highest BCUT2D eigenvalue weighted by Gasteiger charge is 2.17. The molecule has 6 heteroatoms. The van der Waals surface area contributed by atoms with Gasteiger partial charge in [0.15, 0.2) is 0 Å². The molecule has 1 unspecified atom stereocenters. The van der Waals surface area contributed by atoms with Crippen LogP contribution < -0.4 is 16.0 Å². The monoisotopic (exact) mass is 278 g/mol. The quantitative estimate of drug-likeness (QED) is 0.729. The number of aromatic nitrogens is 1. The molecule has 0 radical (unpaired) electrons. The summed E-state index contributed by atoms with van der Waals surface area (Å²) in [5, 5.41) is 8.43. The van der Waals surface area contributed by atoms with Crippen molar-refractivity contribution in [1.82, 2.24) is 15.6 Å². The molecule has 20 heavy (non-hydrogen) atoms. The number of carbonyl (C=O) groups excluding carboxylic acids is 2. The van der Waals surface area contributed by atoms with Crippen molar-refractivity contribution in [3.63, 3.8) is 0 Å². The highest BCUT2D eigenvalue weighted by Crippen LogP contribution is 2.05. The van der Waals surface area contributed by atoms with Crippen molar-refractivity contribution in [1.29, 1.82) is 0 Å². The van der Waals surface area contributed by atoms with Crippen LogP contribution in [-0.2, 0) is 4.79 Å². The summed E-state index contributed by atoms with van der Waals surface area (Å²) < 4.78 is 0. The lowest BCUT2D eigenvalue weighted by Crippen LogP contribution is -2.46. The van der Waals surface area contributed by atoms with Gasteiger partial charge >= 0.3 is 0 Å². The van der Waals surface area contributed by atoms with Gasteiger partial charge in [-0.1, -0.05) is 0 Å². The Bertz CT molecular complexity index is 457. The summed E-state index contributed by atoms with van der Waals surface area (Å²) in [7, 11) is 0. The molecule has 0 saturated heterocycles. The molecule has 0 bridgehead atoms. The zero-order valence-corrected chi connectivity index (χ0v) is 12.4. The lowest BCUT2D eigenvalue weighted by Gasteiger charge is -2.16. The van der Waals surface area contributed by atoms with Crippen LogP contribution in [0, 0.1) is 0 Å². The Morgan fingerprint density at radius 2 is 1.90 bits per heavy atom. The molecule has 1 rings (SSSR count). The summed E-state index contributed by atoms with van der Waals surface area (Å²) in [5.74, 6) is 0.201. The standard InChI is InChI=1S/C14H22N4O2/c1-5-15-12-7-6-11(8-16-12)14(20)18-10(4)13(19)17-9(2)3/h6-10H,5H2,1-4H3,(H,15,16)(H,17,19)(H,18,20). The molecule has 0 fully saturated rings. The summed E-state index contributed by atoms with van der Waals surface area (Å²) in [6.45, 7) is 8.13.